The van der Waals surface area contributed by atoms with E-state index in [-0.39, 0.29) is 11.8 Å². The molecule has 0 saturated heterocycles. The van der Waals surface area contributed by atoms with Gasteiger partial charge in [0.15, 0.2) is 0 Å². The number of carbonyl (C=O) groups is 2. The lowest BCUT2D eigenvalue weighted by Crippen LogP contribution is -2.48. The van der Waals surface area contributed by atoms with Gasteiger partial charge in [0.25, 0.3) is 0 Å². The smallest absolute Gasteiger partial charge is 0.243 e. The lowest BCUT2D eigenvalue weighted by molar-refractivity contribution is -0.128. The molecule has 10 heteroatoms. The second kappa shape index (κ2) is 12.4. The van der Waals surface area contributed by atoms with E-state index in [4.69, 9.17) is 0 Å². The third kappa shape index (κ3) is 7.75. The average molecular weight is 500 g/mol. The third-order valence-corrected chi connectivity index (χ3v) is 6.53. The highest BCUT2D eigenvalue weighted by Gasteiger charge is 2.25. The Morgan fingerprint density at radius 1 is 1.03 bits per heavy atom. The van der Waals surface area contributed by atoms with Crippen LogP contribution in [-0.4, -0.2) is 31.6 Å². The summed E-state index contributed by atoms with van der Waals surface area (Å²) in [4.78, 5) is 29.7. The molecule has 1 unspecified atom stereocenters. The predicted octanol–water partition coefficient (Wildman–Crippen LogP) is 3.06. The molecule has 0 aliphatic carbocycles. The molecule has 2 aromatic carbocycles. The molecule has 3 aromatic rings. The first-order valence-corrected chi connectivity index (χ1v) is 12.8. The maximum Gasteiger partial charge on any atom is 0.243 e. The number of aryl methyl sites for hydroxylation is 1. The molecule has 0 fully saturated rings. The number of anilines is 1. The van der Waals surface area contributed by atoms with Crippen LogP contribution in [-0.2, 0) is 40.1 Å². The molecular weight excluding hydrogens is 472 g/mol. The minimum absolute atomic E-state index is 0.283. The van der Waals surface area contributed by atoms with Gasteiger partial charge in [0.05, 0.1) is 11.7 Å². The first-order valence-electron chi connectivity index (χ1n) is 10.8. The van der Waals surface area contributed by atoms with Crippen molar-refractivity contribution in [1.82, 2.24) is 15.6 Å². The van der Waals surface area contributed by atoms with Gasteiger partial charge in [-0.1, -0.05) is 49.4 Å². The number of hydrogen-bond donors (Lipinski definition) is 3. The van der Waals surface area contributed by atoms with Crippen molar-refractivity contribution in [2.45, 2.75) is 45.2 Å². The minimum atomic E-state index is -2.40. The molecule has 0 saturated carbocycles. The van der Waals surface area contributed by atoms with E-state index in [0.717, 1.165) is 28.2 Å². The molecule has 0 aliphatic rings. The fourth-order valence-corrected chi connectivity index (χ4v) is 4.74. The largest absolute Gasteiger partial charge is 0.755 e. The molecule has 180 valence electrons. The van der Waals surface area contributed by atoms with Crippen LogP contribution in [0, 0.1) is 0 Å². The van der Waals surface area contributed by atoms with Gasteiger partial charge in [0.1, 0.15) is 11.0 Å². The maximum absolute atomic E-state index is 13.3. The number of nitrogens with one attached hydrogen (secondary N) is 3. The summed E-state index contributed by atoms with van der Waals surface area (Å²) in [5.41, 5.74) is 3.24. The van der Waals surface area contributed by atoms with Gasteiger partial charge in [0.2, 0.25) is 11.8 Å². The molecule has 1 heterocycles. The lowest BCUT2D eigenvalue weighted by Gasteiger charge is -2.22. The Bertz CT molecular complexity index is 1120. The highest BCUT2D eigenvalue weighted by atomic mass is 32.2. The summed E-state index contributed by atoms with van der Waals surface area (Å²) in [5, 5.41) is 8.57. The number of aromatic nitrogens is 1. The number of amides is 2. The second-order valence-corrected chi connectivity index (χ2v) is 9.34. The Kier molecular flexibility index (Phi) is 9.32. The molecule has 0 spiro atoms. The van der Waals surface area contributed by atoms with Gasteiger partial charge < -0.3 is 19.9 Å². The van der Waals surface area contributed by atoms with E-state index >= 15 is 0 Å². The molecule has 3 atom stereocenters. The van der Waals surface area contributed by atoms with E-state index in [1.54, 1.807) is 24.3 Å². The van der Waals surface area contributed by atoms with Crippen LogP contribution in [0.2, 0.25) is 0 Å². The van der Waals surface area contributed by atoms with Crippen molar-refractivity contribution in [3.8, 4) is 0 Å². The van der Waals surface area contributed by atoms with Crippen molar-refractivity contribution in [3.63, 3.8) is 0 Å². The first kappa shape index (κ1) is 25.5. The van der Waals surface area contributed by atoms with Crippen molar-refractivity contribution in [2.75, 3.05) is 4.72 Å². The van der Waals surface area contributed by atoms with Gasteiger partial charge in [-0.05, 0) is 36.1 Å². The van der Waals surface area contributed by atoms with Crippen LogP contribution in [0.4, 0.5) is 5.69 Å². The van der Waals surface area contributed by atoms with Gasteiger partial charge in [-0.15, -0.1) is 11.3 Å². The van der Waals surface area contributed by atoms with Gasteiger partial charge in [0, 0.05) is 35.7 Å². The third-order valence-electron chi connectivity index (χ3n) is 5.12. The van der Waals surface area contributed by atoms with Crippen LogP contribution < -0.4 is 15.4 Å². The van der Waals surface area contributed by atoms with E-state index in [0.29, 0.717) is 18.5 Å². The van der Waals surface area contributed by atoms with E-state index in [1.165, 1.54) is 18.3 Å². The topological polar surface area (TPSA) is 123 Å². The van der Waals surface area contributed by atoms with E-state index in [9.17, 15) is 18.4 Å². The zero-order valence-electron chi connectivity index (χ0n) is 18.9. The van der Waals surface area contributed by atoms with Crippen molar-refractivity contribution >= 4 is 40.1 Å². The van der Waals surface area contributed by atoms with Gasteiger partial charge >= 0.3 is 0 Å². The maximum atomic E-state index is 13.3. The molecule has 0 aliphatic heterocycles. The molecular formula is C24H27N4O4S2-. The first-order chi connectivity index (χ1) is 16.3. The SMILES string of the molecule is CCc1csc([C@H](Cc2ccc(NS(=O)[O-])cc2)NC(=O)[C@H](Cc2ccccc2)NC(C)=O)n1. The zero-order chi connectivity index (χ0) is 24.5. The fourth-order valence-electron chi connectivity index (χ4n) is 3.46. The summed E-state index contributed by atoms with van der Waals surface area (Å²) >= 11 is -0.919. The molecule has 34 heavy (non-hydrogen) atoms. The Morgan fingerprint density at radius 2 is 1.71 bits per heavy atom. The van der Waals surface area contributed by atoms with Crippen LogP contribution in [0.1, 0.15) is 41.7 Å². The number of hydrogen-bond acceptors (Lipinski definition) is 6. The van der Waals surface area contributed by atoms with Gasteiger partial charge in [-0.2, -0.15) is 0 Å². The molecule has 1 aromatic heterocycles. The van der Waals surface area contributed by atoms with Crippen LogP contribution in [0.25, 0.3) is 0 Å². The highest BCUT2D eigenvalue weighted by molar-refractivity contribution is 7.80. The number of carbonyl (C=O) groups excluding carboxylic acids is 2. The van der Waals surface area contributed by atoms with Crippen LogP contribution in [0.5, 0.6) is 0 Å². The highest BCUT2D eigenvalue weighted by Crippen LogP contribution is 2.24. The summed E-state index contributed by atoms with van der Waals surface area (Å²) in [7, 11) is 0. The van der Waals surface area contributed by atoms with E-state index < -0.39 is 23.4 Å². The standard InChI is InChI=1S/C24H28N4O4S2/c1-3-19-15-33-24(26-19)22(14-18-9-11-20(12-10-18)28-34(31)32)27-23(30)21(25-16(2)29)13-17-7-5-4-6-8-17/h4-12,15,21-22,28H,3,13-14H2,1-2H3,(H,25,29)(H,27,30)(H,31,32)/p-1/t21-,22-/m0/s1. The van der Waals surface area contributed by atoms with Crippen molar-refractivity contribution in [1.29, 1.82) is 0 Å². The monoisotopic (exact) mass is 499 g/mol. The van der Waals surface area contributed by atoms with Crippen molar-refractivity contribution in [2.24, 2.45) is 0 Å². The van der Waals surface area contributed by atoms with E-state index in [2.05, 4.69) is 20.3 Å². The Morgan fingerprint density at radius 3 is 2.29 bits per heavy atom. The summed E-state index contributed by atoms with van der Waals surface area (Å²) in [6, 6.07) is 15.3. The molecule has 8 nitrogen and oxygen atoms in total. The Labute approximate surface area is 205 Å². The van der Waals surface area contributed by atoms with Crippen molar-refractivity contribution < 1.29 is 18.4 Å². The summed E-state index contributed by atoms with van der Waals surface area (Å²) in [5.74, 6) is -0.577. The van der Waals surface area contributed by atoms with Gasteiger partial charge in [-0.25, -0.2) is 4.98 Å². The molecule has 0 bridgehead atoms. The normalized spacial score (nSPS) is 13.5. The summed E-state index contributed by atoms with van der Waals surface area (Å²) in [6.07, 6.45) is 1.61. The van der Waals surface area contributed by atoms with Crippen LogP contribution >= 0.6 is 11.3 Å². The van der Waals surface area contributed by atoms with Crippen molar-refractivity contribution in [3.05, 3.63) is 81.8 Å². The fraction of sp³-hybridized carbons (Fsp3) is 0.292. The molecule has 0 radical (unpaired) electrons. The molecule has 3 rings (SSSR count). The zero-order valence-corrected chi connectivity index (χ0v) is 20.6. The average Bonchev–Trinajstić information content (AvgIpc) is 3.29. The number of nitrogens with zero attached hydrogens (tertiary/aromatic N) is 1. The van der Waals surface area contributed by atoms with E-state index in [1.807, 2.05) is 42.6 Å². The van der Waals surface area contributed by atoms with Crippen LogP contribution in [0.15, 0.2) is 60.0 Å². The minimum Gasteiger partial charge on any atom is -0.755 e. The molecule has 2 amide bonds. The number of benzene rings is 2. The summed E-state index contributed by atoms with van der Waals surface area (Å²) in [6.45, 7) is 3.41. The quantitative estimate of drug-likeness (QED) is 0.350. The molecule has 3 N–H and O–H groups in total. The number of rotatable bonds is 11. The Hall–Kier alpha value is -3.08. The van der Waals surface area contributed by atoms with Gasteiger partial charge in [-0.3, -0.25) is 13.8 Å². The lowest BCUT2D eigenvalue weighted by atomic mass is 10.0. The number of thiazole rings is 1. The summed E-state index contributed by atoms with van der Waals surface area (Å²) < 4.78 is 24.0. The second-order valence-electron chi connectivity index (χ2n) is 7.77. The predicted molar refractivity (Wildman–Crippen MR) is 133 cm³/mol. The Balaban J connectivity index is 1.80. The van der Waals surface area contributed by atoms with Crippen LogP contribution in [0.3, 0.4) is 0 Å².